The Hall–Kier alpha value is -2.19. The second-order valence-corrected chi connectivity index (χ2v) is 5.47. The van der Waals surface area contributed by atoms with E-state index in [1.165, 1.54) is 0 Å². The van der Waals surface area contributed by atoms with Crippen LogP contribution in [0.1, 0.15) is 23.4 Å². The number of hydrogen-bond donors (Lipinski definition) is 0. The van der Waals surface area contributed by atoms with Gasteiger partial charge in [-0.05, 0) is 18.6 Å². The second-order valence-electron chi connectivity index (χ2n) is 4.52. The van der Waals surface area contributed by atoms with Gasteiger partial charge in [-0.1, -0.05) is 19.1 Å². The fraction of sp³-hybridized carbons (Fsp3) is 0.267. The van der Waals surface area contributed by atoms with Crippen LogP contribution in [-0.2, 0) is 19.4 Å². The van der Waals surface area contributed by atoms with E-state index < -0.39 is 0 Å². The van der Waals surface area contributed by atoms with Gasteiger partial charge in [0.25, 0.3) is 0 Å². The van der Waals surface area contributed by atoms with Crippen LogP contribution in [0, 0.1) is 11.3 Å². The predicted octanol–water partition coefficient (Wildman–Crippen LogP) is 3.17. The molecule has 0 bridgehead atoms. The van der Waals surface area contributed by atoms with Crippen molar-refractivity contribution in [2.24, 2.45) is 0 Å². The van der Waals surface area contributed by atoms with Gasteiger partial charge in [0.1, 0.15) is 5.82 Å². The zero-order valence-corrected chi connectivity index (χ0v) is 12.0. The molecule has 0 unspecified atom stereocenters. The Morgan fingerprint density at radius 3 is 2.90 bits per heavy atom. The number of thiazole rings is 1. The Morgan fingerprint density at radius 2 is 2.15 bits per heavy atom. The molecule has 0 saturated heterocycles. The van der Waals surface area contributed by atoms with Crippen LogP contribution in [0.2, 0.25) is 0 Å². The highest BCUT2D eigenvalue weighted by molar-refractivity contribution is 7.09. The van der Waals surface area contributed by atoms with Crippen LogP contribution in [0.25, 0.3) is 11.0 Å². The van der Waals surface area contributed by atoms with E-state index >= 15 is 0 Å². The molecule has 4 nitrogen and oxygen atoms in total. The molecular formula is C15H14N4S. The molecule has 3 aromatic rings. The number of para-hydroxylation sites is 2. The van der Waals surface area contributed by atoms with Crippen molar-refractivity contribution in [1.29, 1.82) is 5.26 Å². The molecule has 0 radical (unpaired) electrons. The maximum absolute atomic E-state index is 8.96. The number of benzene rings is 1. The molecule has 20 heavy (non-hydrogen) atoms. The monoisotopic (exact) mass is 282 g/mol. The van der Waals surface area contributed by atoms with Gasteiger partial charge in [0.15, 0.2) is 0 Å². The third-order valence-electron chi connectivity index (χ3n) is 3.19. The number of hydrogen-bond acceptors (Lipinski definition) is 4. The molecule has 0 fully saturated rings. The third kappa shape index (κ3) is 2.30. The fourth-order valence-electron chi connectivity index (χ4n) is 2.25. The Balaban J connectivity index is 2.04. The zero-order chi connectivity index (χ0) is 13.9. The summed E-state index contributed by atoms with van der Waals surface area (Å²) in [5, 5.41) is 12.2. The predicted molar refractivity (Wildman–Crippen MR) is 79.6 cm³/mol. The molecule has 0 amide bonds. The van der Waals surface area contributed by atoms with Crippen molar-refractivity contribution in [1.82, 2.24) is 14.5 Å². The standard InChI is InChI=1S/C15H14N4S/c1-2-15-17-11(10-20-15)9-19-13-6-4-3-5-12(13)18-14(19)7-8-16/h3-6,10H,2,7,9H2,1H3. The van der Waals surface area contributed by atoms with Crippen LogP contribution in [0.4, 0.5) is 0 Å². The smallest absolute Gasteiger partial charge is 0.124 e. The lowest BCUT2D eigenvalue weighted by Gasteiger charge is -2.05. The summed E-state index contributed by atoms with van der Waals surface area (Å²) in [5.74, 6) is 0.805. The summed E-state index contributed by atoms with van der Waals surface area (Å²) in [7, 11) is 0. The first-order valence-corrected chi connectivity index (χ1v) is 7.44. The largest absolute Gasteiger partial charge is 0.321 e. The molecule has 0 aliphatic carbocycles. The number of fused-ring (bicyclic) bond motifs is 1. The van der Waals surface area contributed by atoms with Gasteiger partial charge in [0.05, 0.1) is 40.8 Å². The van der Waals surface area contributed by atoms with Crippen molar-refractivity contribution in [2.75, 3.05) is 0 Å². The molecule has 100 valence electrons. The minimum atomic E-state index is 0.319. The Bertz CT molecular complexity index is 779. The van der Waals surface area contributed by atoms with E-state index in [0.717, 1.165) is 34.0 Å². The van der Waals surface area contributed by atoms with Gasteiger partial charge in [-0.3, -0.25) is 0 Å². The van der Waals surface area contributed by atoms with Crippen LogP contribution >= 0.6 is 11.3 Å². The molecule has 5 heteroatoms. The summed E-state index contributed by atoms with van der Waals surface area (Å²) in [6.45, 7) is 2.78. The molecule has 0 saturated carbocycles. The zero-order valence-electron chi connectivity index (χ0n) is 11.2. The van der Waals surface area contributed by atoms with Crippen molar-refractivity contribution in [3.8, 4) is 6.07 Å². The van der Waals surface area contributed by atoms with Crippen LogP contribution in [0.3, 0.4) is 0 Å². The van der Waals surface area contributed by atoms with Crippen LogP contribution in [0.15, 0.2) is 29.6 Å². The highest BCUT2D eigenvalue weighted by Crippen LogP contribution is 2.19. The van der Waals surface area contributed by atoms with Crippen molar-refractivity contribution >= 4 is 22.4 Å². The first kappa shape index (κ1) is 12.8. The van der Waals surface area contributed by atoms with E-state index in [0.29, 0.717) is 13.0 Å². The SMILES string of the molecule is CCc1nc(Cn2c(CC#N)nc3ccccc32)cs1. The normalized spacial score (nSPS) is 10.8. The van der Waals surface area contributed by atoms with Gasteiger partial charge >= 0.3 is 0 Å². The Kier molecular flexibility index (Phi) is 3.48. The van der Waals surface area contributed by atoms with Gasteiger partial charge in [0, 0.05) is 5.38 Å². The van der Waals surface area contributed by atoms with Gasteiger partial charge < -0.3 is 4.57 Å². The molecule has 2 aromatic heterocycles. The number of aromatic nitrogens is 3. The highest BCUT2D eigenvalue weighted by Gasteiger charge is 2.11. The van der Waals surface area contributed by atoms with Crippen LogP contribution in [0.5, 0.6) is 0 Å². The Labute approximate surface area is 121 Å². The van der Waals surface area contributed by atoms with E-state index in [9.17, 15) is 0 Å². The molecular weight excluding hydrogens is 268 g/mol. The lowest BCUT2D eigenvalue weighted by molar-refractivity contribution is 0.751. The molecule has 3 rings (SSSR count). The summed E-state index contributed by atoms with van der Waals surface area (Å²) in [4.78, 5) is 9.14. The van der Waals surface area contributed by atoms with Crippen molar-refractivity contribution in [2.45, 2.75) is 26.3 Å². The van der Waals surface area contributed by atoms with E-state index in [2.05, 4.69) is 32.9 Å². The Morgan fingerprint density at radius 1 is 1.30 bits per heavy atom. The van der Waals surface area contributed by atoms with E-state index in [1.54, 1.807) is 11.3 Å². The maximum atomic E-state index is 8.96. The second kappa shape index (κ2) is 5.43. The average Bonchev–Trinajstić information content (AvgIpc) is 3.05. The quantitative estimate of drug-likeness (QED) is 0.738. The molecule has 0 spiro atoms. The summed E-state index contributed by atoms with van der Waals surface area (Å²) >= 11 is 1.69. The number of nitriles is 1. The van der Waals surface area contributed by atoms with Crippen molar-refractivity contribution < 1.29 is 0 Å². The molecule has 0 aliphatic heterocycles. The summed E-state index contributed by atoms with van der Waals surface area (Å²) < 4.78 is 2.09. The summed E-state index contributed by atoms with van der Waals surface area (Å²) in [6.07, 6.45) is 1.28. The first-order valence-electron chi connectivity index (χ1n) is 6.56. The minimum Gasteiger partial charge on any atom is -0.321 e. The van der Waals surface area contributed by atoms with Crippen LogP contribution < -0.4 is 0 Å². The summed E-state index contributed by atoms with van der Waals surface area (Å²) in [6, 6.07) is 10.2. The highest BCUT2D eigenvalue weighted by atomic mass is 32.1. The van der Waals surface area contributed by atoms with Gasteiger partial charge in [-0.15, -0.1) is 11.3 Å². The lowest BCUT2D eigenvalue weighted by Crippen LogP contribution is -2.05. The van der Waals surface area contributed by atoms with Crippen LogP contribution in [-0.4, -0.2) is 14.5 Å². The van der Waals surface area contributed by atoms with Crippen molar-refractivity contribution in [3.63, 3.8) is 0 Å². The van der Waals surface area contributed by atoms with E-state index in [1.807, 2.05) is 24.3 Å². The number of rotatable bonds is 4. The topological polar surface area (TPSA) is 54.5 Å². The number of nitrogens with zero attached hydrogens (tertiary/aromatic N) is 4. The van der Waals surface area contributed by atoms with Gasteiger partial charge in [-0.25, -0.2) is 9.97 Å². The van der Waals surface area contributed by atoms with Gasteiger partial charge in [-0.2, -0.15) is 5.26 Å². The van der Waals surface area contributed by atoms with Gasteiger partial charge in [0.2, 0.25) is 0 Å². The third-order valence-corrected chi connectivity index (χ3v) is 4.23. The number of imidazole rings is 1. The first-order chi connectivity index (χ1) is 9.81. The van der Waals surface area contributed by atoms with E-state index in [4.69, 9.17) is 5.26 Å². The molecule has 0 atom stereocenters. The molecule has 0 N–H and O–H groups in total. The summed E-state index contributed by atoms with van der Waals surface area (Å²) in [5.41, 5.74) is 3.03. The lowest BCUT2D eigenvalue weighted by atomic mass is 10.3. The van der Waals surface area contributed by atoms with Crippen molar-refractivity contribution in [3.05, 3.63) is 46.2 Å². The molecule has 0 aliphatic rings. The fourth-order valence-corrected chi connectivity index (χ4v) is 2.99. The minimum absolute atomic E-state index is 0.319. The maximum Gasteiger partial charge on any atom is 0.124 e. The number of aryl methyl sites for hydroxylation is 1. The molecule has 1 aromatic carbocycles. The van der Waals surface area contributed by atoms with E-state index in [-0.39, 0.29) is 0 Å². The average molecular weight is 282 g/mol. The molecule has 2 heterocycles.